The molecule has 1 amide bonds. The summed E-state index contributed by atoms with van der Waals surface area (Å²) in [6.45, 7) is 0.265. The lowest BCUT2D eigenvalue weighted by Gasteiger charge is -2.36. The van der Waals surface area contributed by atoms with Crippen LogP contribution in [0, 0.1) is 0 Å². The summed E-state index contributed by atoms with van der Waals surface area (Å²) in [6, 6.07) is 8.59. The predicted octanol–water partition coefficient (Wildman–Crippen LogP) is 2.64. The molecule has 0 unspecified atom stereocenters. The third-order valence-corrected chi connectivity index (χ3v) is 4.00. The number of rotatable bonds is 2. The fourth-order valence-corrected chi connectivity index (χ4v) is 2.88. The van der Waals surface area contributed by atoms with Gasteiger partial charge < -0.3 is 4.90 Å². The number of alkyl halides is 2. The van der Waals surface area contributed by atoms with E-state index in [1.807, 2.05) is 0 Å². The van der Waals surface area contributed by atoms with Crippen LogP contribution in [-0.4, -0.2) is 35.6 Å². The summed E-state index contributed by atoms with van der Waals surface area (Å²) < 4.78 is 28.2. The van der Waals surface area contributed by atoms with E-state index in [9.17, 15) is 13.6 Å². The van der Waals surface area contributed by atoms with Crippen LogP contribution >= 0.6 is 11.8 Å². The molecule has 0 bridgehead atoms. The van der Waals surface area contributed by atoms with Crippen molar-refractivity contribution < 1.29 is 13.6 Å². The second-order valence-corrected chi connectivity index (χ2v) is 5.31. The summed E-state index contributed by atoms with van der Waals surface area (Å²) in [6.07, 6.45) is -1.71. The fraction of sp³-hybridized carbons (Fsp3) is 0.417. The number of nitrogens with zero attached hydrogens (tertiary/aromatic N) is 1. The van der Waals surface area contributed by atoms with Crippen LogP contribution < -0.4 is 0 Å². The molecule has 17 heavy (non-hydrogen) atoms. The Balaban J connectivity index is 2.24. The number of piperidine rings is 1. The molecule has 0 N–H and O–H groups in total. The van der Waals surface area contributed by atoms with Crippen molar-refractivity contribution in [2.45, 2.75) is 22.5 Å². The molecule has 1 heterocycles. The Morgan fingerprint density at radius 3 is 2.71 bits per heavy atom. The van der Waals surface area contributed by atoms with Gasteiger partial charge in [0.15, 0.2) is 6.17 Å². The Morgan fingerprint density at radius 1 is 1.41 bits per heavy atom. The van der Waals surface area contributed by atoms with Crippen molar-refractivity contribution >= 4 is 17.7 Å². The van der Waals surface area contributed by atoms with Crippen LogP contribution in [0.15, 0.2) is 35.2 Å². The molecule has 1 aliphatic rings. The number of likely N-dealkylation sites (tertiary alicyclic amines) is 1. The number of carbonyl (C=O) groups excluding carboxylic acids is 1. The zero-order chi connectivity index (χ0) is 12.5. The molecule has 1 aliphatic heterocycles. The van der Waals surface area contributed by atoms with Gasteiger partial charge in [-0.05, 0) is 12.1 Å². The first-order valence-electron chi connectivity index (χ1n) is 5.36. The van der Waals surface area contributed by atoms with Crippen LogP contribution in [0.5, 0.6) is 0 Å². The average Bonchev–Trinajstić information content (AvgIpc) is 2.34. The monoisotopic (exact) mass is 257 g/mol. The van der Waals surface area contributed by atoms with Crippen molar-refractivity contribution in [1.29, 1.82) is 0 Å². The normalized spacial score (nSPS) is 29.5. The maximum atomic E-state index is 14.5. The Labute approximate surface area is 103 Å². The smallest absolute Gasteiger partial charge is 0.274 e. The van der Waals surface area contributed by atoms with Gasteiger partial charge in [-0.2, -0.15) is 0 Å². The molecule has 0 radical (unpaired) electrons. The van der Waals surface area contributed by atoms with E-state index < -0.39 is 17.1 Å². The van der Waals surface area contributed by atoms with E-state index in [1.54, 1.807) is 30.3 Å². The largest absolute Gasteiger partial charge is 0.342 e. The molecule has 1 fully saturated rings. The minimum absolute atomic E-state index is 0.0403. The van der Waals surface area contributed by atoms with Crippen molar-refractivity contribution in [2.24, 2.45) is 0 Å². The third-order valence-electron chi connectivity index (χ3n) is 2.77. The number of hydrogen-bond donors (Lipinski definition) is 0. The molecule has 1 aromatic carbocycles. The van der Waals surface area contributed by atoms with E-state index in [-0.39, 0.29) is 13.0 Å². The topological polar surface area (TPSA) is 20.3 Å². The highest BCUT2D eigenvalue weighted by atomic mass is 32.2. The predicted molar refractivity (Wildman–Crippen MR) is 63.3 cm³/mol. The molecular weight excluding hydrogens is 244 g/mol. The zero-order valence-electron chi connectivity index (χ0n) is 9.40. The highest BCUT2D eigenvalue weighted by Crippen LogP contribution is 2.43. The molecule has 0 spiro atoms. The Hall–Kier alpha value is -1.10. The van der Waals surface area contributed by atoms with Gasteiger partial charge in [0.1, 0.15) is 0 Å². The summed E-state index contributed by atoms with van der Waals surface area (Å²) in [7, 11) is 1.49. The van der Waals surface area contributed by atoms with Gasteiger partial charge >= 0.3 is 0 Å². The van der Waals surface area contributed by atoms with E-state index in [0.717, 1.165) is 0 Å². The van der Waals surface area contributed by atoms with E-state index >= 15 is 0 Å². The summed E-state index contributed by atoms with van der Waals surface area (Å²) in [5, 5.41) is -2.49. The van der Waals surface area contributed by atoms with Crippen molar-refractivity contribution in [3.8, 4) is 0 Å². The quantitative estimate of drug-likeness (QED) is 0.811. The molecule has 2 nitrogen and oxygen atoms in total. The van der Waals surface area contributed by atoms with Gasteiger partial charge in [-0.1, -0.05) is 30.0 Å². The fourth-order valence-electron chi connectivity index (χ4n) is 1.76. The third kappa shape index (κ3) is 2.29. The molecule has 0 saturated carbocycles. The van der Waals surface area contributed by atoms with Gasteiger partial charge in [-0.3, -0.25) is 4.79 Å². The molecule has 0 aromatic heterocycles. The highest BCUT2D eigenvalue weighted by Gasteiger charge is 2.52. The summed E-state index contributed by atoms with van der Waals surface area (Å²) >= 11 is 0.654. The Morgan fingerprint density at radius 2 is 2.06 bits per heavy atom. The number of carbonyl (C=O) groups is 1. The van der Waals surface area contributed by atoms with Gasteiger partial charge in [0.05, 0.1) is 0 Å². The zero-order valence-corrected chi connectivity index (χ0v) is 10.2. The van der Waals surface area contributed by atoms with Crippen LogP contribution in [-0.2, 0) is 4.79 Å². The number of hydrogen-bond acceptors (Lipinski definition) is 2. The maximum Gasteiger partial charge on any atom is 0.274 e. The molecule has 5 heteroatoms. The van der Waals surface area contributed by atoms with Crippen LogP contribution in [0.2, 0.25) is 0 Å². The highest BCUT2D eigenvalue weighted by molar-refractivity contribution is 8.01. The maximum absolute atomic E-state index is 14.5. The van der Waals surface area contributed by atoms with Crippen LogP contribution in [0.4, 0.5) is 8.78 Å². The number of thioether (sulfide) groups is 1. The standard InChI is InChI=1S/C12H13F2NOS/c1-15-8-7-10(13)12(14,11(15)16)17-9-5-3-2-4-6-9/h2-6,10H,7-8H2,1H3/t10-,12+/m1/s1. The second kappa shape index (κ2) is 4.64. The van der Waals surface area contributed by atoms with Crippen molar-refractivity contribution in [3.63, 3.8) is 0 Å². The van der Waals surface area contributed by atoms with Gasteiger partial charge in [0, 0.05) is 24.9 Å². The molecule has 1 aromatic rings. The first-order chi connectivity index (χ1) is 8.04. The first-order valence-corrected chi connectivity index (χ1v) is 6.18. The van der Waals surface area contributed by atoms with Gasteiger partial charge in [-0.15, -0.1) is 0 Å². The van der Waals surface area contributed by atoms with Gasteiger partial charge in [0.2, 0.25) is 0 Å². The Bertz CT molecular complexity index is 414. The van der Waals surface area contributed by atoms with Gasteiger partial charge in [-0.25, -0.2) is 8.78 Å². The van der Waals surface area contributed by atoms with Crippen molar-refractivity contribution in [2.75, 3.05) is 13.6 Å². The Kier molecular flexibility index (Phi) is 3.38. The molecule has 92 valence electrons. The average molecular weight is 257 g/mol. The van der Waals surface area contributed by atoms with Gasteiger partial charge in [0.25, 0.3) is 10.9 Å². The lowest BCUT2D eigenvalue weighted by Crippen LogP contribution is -2.53. The lowest BCUT2D eigenvalue weighted by molar-refractivity contribution is -0.144. The second-order valence-electron chi connectivity index (χ2n) is 4.04. The SMILES string of the molecule is CN1CC[C@@H](F)[C@](F)(Sc2ccccc2)C1=O. The van der Waals surface area contributed by atoms with Crippen molar-refractivity contribution in [3.05, 3.63) is 30.3 Å². The van der Waals surface area contributed by atoms with E-state index in [0.29, 0.717) is 16.7 Å². The molecule has 2 rings (SSSR count). The number of amides is 1. The lowest BCUT2D eigenvalue weighted by atomic mass is 10.1. The van der Waals surface area contributed by atoms with E-state index in [4.69, 9.17) is 0 Å². The molecule has 1 saturated heterocycles. The van der Waals surface area contributed by atoms with E-state index in [2.05, 4.69) is 0 Å². The minimum Gasteiger partial charge on any atom is -0.342 e. The summed E-state index contributed by atoms with van der Waals surface area (Å²) in [5.41, 5.74) is 0. The summed E-state index contributed by atoms with van der Waals surface area (Å²) in [5.74, 6) is -0.787. The van der Waals surface area contributed by atoms with E-state index in [1.165, 1.54) is 11.9 Å². The minimum atomic E-state index is -2.49. The van der Waals surface area contributed by atoms with Crippen LogP contribution in [0.1, 0.15) is 6.42 Å². The molecule has 2 atom stereocenters. The number of halogens is 2. The molecule has 0 aliphatic carbocycles. The van der Waals surface area contributed by atoms with Crippen molar-refractivity contribution in [1.82, 2.24) is 4.90 Å². The number of benzene rings is 1. The molecular formula is C12H13F2NOS. The first kappa shape index (κ1) is 12.4. The van der Waals surface area contributed by atoms with Crippen LogP contribution in [0.3, 0.4) is 0 Å². The summed E-state index contributed by atoms with van der Waals surface area (Å²) in [4.78, 5) is 13.6. The van der Waals surface area contributed by atoms with Crippen LogP contribution in [0.25, 0.3) is 0 Å².